The summed E-state index contributed by atoms with van der Waals surface area (Å²) in [5.74, 6) is 0.468. The molecule has 27 heavy (non-hydrogen) atoms. The number of aromatic nitrogens is 1. The van der Waals surface area contributed by atoms with Gasteiger partial charge in [0.2, 0.25) is 0 Å². The molecule has 0 unspecified atom stereocenters. The van der Waals surface area contributed by atoms with E-state index >= 15 is 0 Å². The van der Waals surface area contributed by atoms with Gasteiger partial charge in [-0.25, -0.2) is 0 Å². The van der Waals surface area contributed by atoms with E-state index in [2.05, 4.69) is 0 Å². The fourth-order valence-corrected chi connectivity index (χ4v) is 3.16. The van der Waals surface area contributed by atoms with E-state index in [-0.39, 0.29) is 11.3 Å². The molecule has 0 spiro atoms. The SMILES string of the molecule is CCc1cc(=O)n(C)cc1-c1ccc(OC)cc1C(=O)c1ccc(Cl)cc1. The first kappa shape index (κ1) is 18.9. The van der Waals surface area contributed by atoms with Crippen LogP contribution in [0.5, 0.6) is 5.75 Å². The van der Waals surface area contributed by atoms with Gasteiger partial charge in [-0.2, -0.15) is 0 Å². The summed E-state index contributed by atoms with van der Waals surface area (Å²) in [6.07, 6.45) is 2.47. The van der Waals surface area contributed by atoms with E-state index < -0.39 is 0 Å². The Morgan fingerprint density at radius 1 is 1.07 bits per heavy atom. The van der Waals surface area contributed by atoms with E-state index in [1.54, 1.807) is 56.8 Å². The van der Waals surface area contributed by atoms with Crippen LogP contribution in [0, 0.1) is 0 Å². The quantitative estimate of drug-likeness (QED) is 0.611. The van der Waals surface area contributed by atoms with Crippen LogP contribution in [0.25, 0.3) is 11.1 Å². The van der Waals surface area contributed by atoms with Gasteiger partial charge >= 0.3 is 0 Å². The van der Waals surface area contributed by atoms with Gasteiger partial charge in [-0.3, -0.25) is 9.59 Å². The smallest absolute Gasteiger partial charge is 0.250 e. The van der Waals surface area contributed by atoms with Crippen molar-refractivity contribution in [2.75, 3.05) is 7.11 Å². The van der Waals surface area contributed by atoms with Crippen LogP contribution in [0.3, 0.4) is 0 Å². The number of halogens is 1. The molecule has 0 aliphatic rings. The summed E-state index contributed by atoms with van der Waals surface area (Å²) < 4.78 is 6.84. The average Bonchev–Trinajstić information content (AvgIpc) is 2.69. The number of ether oxygens (including phenoxy) is 1. The highest BCUT2D eigenvalue weighted by Crippen LogP contribution is 2.31. The average molecular weight is 382 g/mol. The standard InChI is InChI=1S/C22H20ClNO3/c1-4-14-11-21(25)24(2)13-20(14)18-10-9-17(27-3)12-19(18)22(26)15-5-7-16(23)8-6-15/h5-13H,4H2,1-3H3. The van der Waals surface area contributed by atoms with Gasteiger partial charge in [0, 0.05) is 41.0 Å². The second-order valence-electron chi connectivity index (χ2n) is 6.26. The summed E-state index contributed by atoms with van der Waals surface area (Å²) in [4.78, 5) is 25.2. The molecule has 1 heterocycles. The maximum Gasteiger partial charge on any atom is 0.250 e. The topological polar surface area (TPSA) is 48.3 Å². The van der Waals surface area contributed by atoms with Crippen LogP contribution in [-0.2, 0) is 13.5 Å². The minimum Gasteiger partial charge on any atom is -0.497 e. The van der Waals surface area contributed by atoms with Crippen molar-refractivity contribution in [3.63, 3.8) is 0 Å². The van der Waals surface area contributed by atoms with Crippen molar-refractivity contribution < 1.29 is 9.53 Å². The van der Waals surface area contributed by atoms with Gasteiger partial charge in [0.1, 0.15) is 5.75 Å². The Morgan fingerprint density at radius 3 is 2.41 bits per heavy atom. The lowest BCUT2D eigenvalue weighted by Crippen LogP contribution is -2.17. The Morgan fingerprint density at radius 2 is 1.78 bits per heavy atom. The number of aryl methyl sites for hydroxylation is 2. The summed E-state index contributed by atoms with van der Waals surface area (Å²) in [5, 5.41) is 0.573. The number of ketones is 1. The highest BCUT2D eigenvalue weighted by atomic mass is 35.5. The van der Waals surface area contributed by atoms with Crippen LogP contribution < -0.4 is 10.3 Å². The maximum absolute atomic E-state index is 13.2. The van der Waals surface area contributed by atoms with Crippen molar-refractivity contribution >= 4 is 17.4 Å². The Kier molecular flexibility index (Phi) is 5.47. The second kappa shape index (κ2) is 7.80. The zero-order chi connectivity index (χ0) is 19.6. The highest BCUT2D eigenvalue weighted by molar-refractivity contribution is 6.30. The summed E-state index contributed by atoms with van der Waals surface area (Å²) >= 11 is 5.95. The molecule has 0 bridgehead atoms. The van der Waals surface area contributed by atoms with Crippen molar-refractivity contribution in [3.05, 3.63) is 86.8 Å². The van der Waals surface area contributed by atoms with Crippen molar-refractivity contribution in [3.8, 4) is 16.9 Å². The number of methoxy groups -OCH3 is 1. The largest absolute Gasteiger partial charge is 0.497 e. The molecule has 0 amide bonds. The van der Waals surface area contributed by atoms with Crippen LogP contribution >= 0.6 is 11.6 Å². The van der Waals surface area contributed by atoms with Gasteiger partial charge in [0.15, 0.2) is 5.78 Å². The molecule has 138 valence electrons. The molecule has 0 radical (unpaired) electrons. The summed E-state index contributed by atoms with van der Waals surface area (Å²) in [7, 11) is 3.27. The van der Waals surface area contributed by atoms with Crippen molar-refractivity contribution in [1.82, 2.24) is 4.57 Å². The molecule has 1 aromatic heterocycles. The molecule has 5 heteroatoms. The molecule has 4 nitrogen and oxygen atoms in total. The Labute approximate surface area is 163 Å². The van der Waals surface area contributed by atoms with E-state index in [4.69, 9.17) is 16.3 Å². The molecule has 0 N–H and O–H groups in total. The number of nitrogens with zero attached hydrogens (tertiary/aromatic N) is 1. The Bertz CT molecular complexity index is 1050. The first-order valence-electron chi connectivity index (χ1n) is 8.62. The van der Waals surface area contributed by atoms with Crippen LogP contribution in [0.2, 0.25) is 5.02 Å². The van der Waals surface area contributed by atoms with Gasteiger partial charge in [0.25, 0.3) is 5.56 Å². The molecular formula is C22H20ClNO3. The van der Waals surface area contributed by atoms with Crippen molar-refractivity contribution in [2.24, 2.45) is 7.05 Å². The highest BCUT2D eigenvalue weighted by Gasteiger charge is 2.18. The van der Waals surface area contributed by atoms with Gasteiger partial charge in [-0.1, -0.05) is 18.5 Å². The predicted octanol–water partition coefficient (Wildman–Crippen LogP) is 4.51. The van der Waals surface area contributed by atoms with Crippen LogP contribution in [0.1, 0.15) is 28.4 Å². The van der Waals surface area contributed by atoms with Gasteiger partial charge < -0.3 is 9.30 Å². The molecule has 3 rings (SSSR count). The number of benzene rings is 2. The zero-order valence-electron chi connectivity index (χ0n) is 15.5. The number of rotatable bonds is 5. The van der Waals surface area contributed by atoms with E-state index in [0.29, 0.717) is 28.3 Å². The third-order valence-corrected chi connectivity index (χ3v) is 4.81. The number of hydrogen-bond donors (Lipinski definition) is 0. The lowest BCUT2D eigenvalue weighted by molar-refractivity contribution is 0.103. The number of carbonyl (C=O) groups is 1. The molecule has 2 aromatic carbocycles. The zero-order valence-corrected chi connectivity index (χ0v) is 16.2. The predicted molar refractivity (Wildman–Crippen MR) is 108 cm³/mol. The van der Waals surface area contributed by atoms with E-state index in [0.717, 1.165) is 16.7 Å². The minimum atomic E-state index is -0.128. The van der Waals surface area contributed by atoms with Crippen molar-refractivity contribution in [1.29, 1.82) is 0 Å². The second-order valence-corrected chi connectivity index (χ2v) is 6.70. The summed E-state index contributed by atoms with van der Waals surface area (Å²) in [6, 6.07) is 13.8. The first-order chi connectivity index (χ1) is 12.9. The minimum absolute atomic E-state index is 0.0744. The molecule has 0 aliphatic carbocycles. The third-order valence-electron chi connectivity index (χ3n) is 4.56. The monoisotopic (exact) mass is 381 g/mol. The summed E-state index contributed by atoms with van der Waals surface area (Å²) in [6.45, 7) is 1.99. The maximum atomic E-state index is 13.2. The molecule has 0 saturated carbocycles. The van der Waals surface area contributed by atoms with Crippen LogP contribution in [0.15, 0.2) is 59.5 Å². The van der Waals surface area contributed by atoms with Crippen molar-refractivity contribution in [2.45, 2.75) is 13.3 Å². The summed E-state index contributed by atoms with van der Waals surface area (Å²) in [5.41, 5.74) is 3.51. The molecule has 0 atom stereocenters. The van der Waals surface area contributed by atoms with Gasteiger partial charge in [0.05, 0.1) is 7.11 Å². The molecule has 0 fully saturated rings. The number of pyridine rings is 1. The number of hydrogen-bond acceptors (Lipinski definition) is 3. The lowest BCUT2D eigenvalue weighted by atomic mass is 9.91. The van der Waals surface area contributed by atoms with E-state index in [9.17, 15) is 9.59 Å². The van der Waals surface area contributed by atoms with E-state index in [1.165, 1.54) is 4.57 Å². The van der Waals surface area contributed by atoms with Crippen LogP contribution in [-0.4, -0.2) is 17.5 Å². The lowest BCUT2D eigenvalue weighted by Gasteiger charge is -2.15. The fourth-order valence-electron chi connectivity index (χ4n) is 3.03. The first-order valence-corrected chi connectivity index (χ1v) is 9.00. The molecule has 0 aliphatic heterocycles. The Balaban J connectivity index is 2.23. The number of carbonyl (C=O) groups excluding carboxylic acids is 1. The molecular weight excluding hydrogens is 362 g/mol. The van der Waals surface area contributed by atoms with E-state index in [1.807, 2.05) is 19.1 Å². The molecule has 3 aromatic rings. The van der Waals surface area contributed by atoms with Crippen LogP contribution in [0.4, 0.5) is 0 Å². The Hall–Kier alpha value is -2.85. The normalized spacial score (nSPS) is 10.7. The molecule has 0 saturated heterocycles. The third kappa shape index (κ3) is 3.81. The fraction of sp³-hybridized carbons (Fsp3) is 0.182. The van der Waals surface area contributed by atoms with Gasteiger partial charge in [-0.05, 0) is 60.0 Å². The van der Waals surface area contributed by atoms with Gasteiger partial charge in [-0.15, -0.1) is 0 Å².